The summed E-state index contributed by atoms with van der Waals surface area (Å²) in [7, 11) is 0. The molecule has 1 aromatic heterocycles. The Balaban J connectivity index is 1.94. The molecule has 0 radical (unpaired) electrons. The Morgan fingerprint density at radius 1 is 1.29 bits per heavy atom. The van der Waals surface area contributed by atoms with Gasteiger partial charge in [0.1, 0.15) is 11.4 Å². The molecular formula is C18H25NO2. The van der Waals surface area contributed by atoms with Crippen LogP contribution in [0, 0.1) is 12.8 Å². The van der Waals surface area contributed by atoms with Crippen molar-refractivity contribution < 1.29 is 9.15 Å². The number of nitrogens with one attached hydrogen (secondary N) is 1. The summed E-state index contributed by atoms with van der Waals surface area (Å²) < 4.78 is 12.2. The molecule has 0 saturated heterocycles. The SMILES string of the molecule is Cc1c(CNCC(C)C)oc2c3c(ccc12)CC(C)(C)O3. The third-order valence-corrected chi connectivity index (χ3v) is 4.07. The van der Waals surface area contributed by atoms with E-state index in [0.29, 0.717) is 5.92 Å². The molecule has 2 heterocycles. The topological polar surface area (TPSA) is 34.4 Å². The van der Waals surface area contributed by atoms with Gasteiger partial charge in [-0.2, -0.15) is 0 Å². The van der Waals surface area contributed by atoms with Gasteiger partial charge in [0.15, 0.2) is 11.3 Å². The second kappa shape index (κ2) is 5.06. The van der Waals surface area contributed by atoms with Crippen molar-refractivity contribution in [2.24, 2.45) is 5.92 Å². The Hall–Kier alpha value is -1.48. The van der Waals surface area contributed by atoms with Crippen LogP contribution in [0.1, 0.15) is 44.6 Å². The lowest BCUT2D eigenvalue weighted by Crippen LogP contribution is -2.24. The predicted octanol–water partition coefficient (Wildman–Crippen LogP) is 4.20. The van der Waals surface area contributed by atoms with Crippen molar-refractivity contribution in [2.45, 2.75) is 53.2 Å². The number of ether oxygens (including phenoxy) is 1. The van der Waals surface area contributed by atoms with Gasteiger partial charge in [0, 0.05) is 17.4 Å². The van der Waals surface area contributed by atoms with E-state index < -0.39 is 0 Å². The van der Waals surface area contributed by atoms with Crippen molar-refractivity contribution in [1.29, 1.82) is 0 Å². The smallest absolute Gasteiger partial charge is 0.176 e. The summed E-state index contributed by atoms with van der Waals surface area (Å²) >= 11 is 0. The fraction of sp³-hybridized carbons (Fsp3) is 0.556. The monoisotopic (exact) mass is 287 g/mol. The zero-order chi connectivity index (χ0) is 15.2. The molecule has 1 N–H and O–H groups in total. The van der Waals surface area contributed by atoms with Crippen LogP contribution in [0.3, 0.4) is 0 Å². The van der Waals surface area contributed by atoms with Crippen LogP contribution in [-0.4, -0.2) is 12.1 Å². The highest BCUT2D eigenvalue weighted by molar-refractivity contribution is 5.89. The van der Waals surface area contributed by atoms with Gasteiger partial charge in [-0.05, 0) is 38.8 Å². The molecule has 0 saturated carbocycles. The molecule has 0 bridgehead atoms. The molecule has 0 spiro atoms. The van der Waals surface area contributed by atoms with Crippen molar-refractivity contribution in [1.82, 2.24) is 5.32 Å². The minimum atomic E-state index is -0.132. The Morgan fingerprint density at radius 3 is 2.76 bits per heavy atom. The zero-order valence-electron chi connectivity index (χ0n) is 13.7. The molecule has 0 atom stereocenters. The van der Waals surface area contributed by atoms with Crippen LogP contribution in [0.2, 0.25) is 0 Å². The lowest BCUT2D eigenvalue weighted by atomic mass is 10.0. The van der Waals surface area contributed by atoms with Gasteiger partial charge < -0.3 is 14.5 Å². The molecular weight excluding hydrogens is 262 g/mol. The molecule has 3 nitrogen and oxygen atoms in total. The lowest BCUT2D eigenvalue weighted by Gasteiger charge is -2.16. The van der Waals surface area contributed by atoms with Crippen LogP contribution in [0.15, 0.2) is 16.5 Å². The van der Waals surface area contributed by atoms with E-state index >= 15 is 0 Å². The van der Waals surface area contributed by atoms with Crippen LogP contribution >= 0.6 is 0 Å². The molecule has 1 aliphatic heterocycles. The Morgan fingerprint density at radius 2 is 2.05 bits per heavy atom. The fourth-order valence-corrected chi connectivity index (χ4v) is 3.02. The number of hydrogen-bond acceptors (Lipinski definition) is 3. The first-order chi connectivity index (χ1) is 9.87. The standard InChI is InChI=1S/C18H25NO2/c1-11(2)9-19-10-15-12(3)14-7-6-13-8-18(4,5)21-16(13)17(14)20-15/h6-7,11,19H,8-10H2,1-5H3. The number of benzene rings is 1. The first-order valence-corrected chi connectivity index (χ1v) is 7.81. The molecule has 0 amide bonds. The van der Waals surface area contributed by atoms with Gasteiger partial charge in [-0.25, -0.2) is 0 Å². The molecule has 1 aromatic carbocycles. The largest absolute Gasteiger partial charge is 0.483 e. The van der Waals surface area contributed by atoms with E-state index in [1.165, 1.54) is 16.5 Å². The van der Waals surface area contributed by atoms with Gasteiger partial charge >= 0.3 is 0 Å². The molecule has 21 heavy (non-hydrogen) atoms. The molecule has 0 aliphatic carbocycles. The quantitative estimate of drug-likeness (QED) is 0.915. The summed E-state index contributed by atoms with van der Waals surface area (Å²) in [5, 5.41) is 4.63. The molecule has 3 rings (SSSR count). The Labute approximate surface area is 126 Å². The molecule has 0 fully saturated rings. The van der Waals surface area contributed by atoms with E-state index in [-0.39, 0.29) is 5.60 Å². The normalized spacial score (nSPS) is 16.5. The van der Waals surface area contributed by atoms with Gasteiger partial charge in [-0.1, -0.05) is 26.0 Å². The minimum Gasteiger partial charge on any atom is -0.483 e. The fourth-order valence-electron chi connectivity index (χ4n) is 3.02. The Kier molecular flexibility index (Phi) is 3.48. The third-order valence-electron chi connectivity index (χ3n) is 4.07. The number of fused-ring (bicyclic) bond motifs is 3. The highest BCUT2D eigenvalue weighted by atomic mass is 16.5. The van der Waals surface area contributed by atoms with E-state index in [0.717, 1.165) is 36.6 Å². The van der Waals surface area contributed by atoms with Gasteiger partial charge in [-0.15, -0.1) is 0 Å². The van der Waals surface area contributed by atoms with Crippen molar-refractivity contribution in [3.8, 4) is 5.75 Å². The summed E-state index contributed by atoms with van der Waals surface area (Å²) in [5.74, 6) is 2.60. The Bertz CT molecular complexity index is 667. The van der Waals surface area contributed by atoms with Crippen molar-refractivity contribution in [2.75, 3.05) is 6.54 Å². The third kappa shape index (κ3) is 2.67. The van der Waals surface area contributed by atoms with E-state index in [1.54, 1.807) is 0 Å². The molecule has 0 unspecified atom stereocenters. The van der Waals surface area contributed by atoms with Crippen LogP contribution in [0.25, 0.3) is 11.0 Å². The maximum absolute atomic E-state index is 6.13. The predicted molar refractivity (Wildman–Crippen MR) is 85.9 cm³/mol. The maximum Gasteiger partial charge on any atom is 0.176 e. The molecule has 2 aromatic rings. The van der Waals surface area contributed by atoms with Crippen molar-refractivity contribution in [3.05, 3.63) is 29.0 Å². The van der Waals surface area contributed by atoms with E-state index in [1.807, 2.05) is 0 Å². The summed E-state index contributed by atoms with van der Waals surface area (Å²) in [6.07, 6.45) is 0.943. The number of rotatable bonds is 4. The summed E-state index contributed by atoms with van der Waals surface area (Å²) in [6.45, 7) is 12.6. The van der Waals surface area contributed by atoms with Gasteiger partial charge in [0.25, 0.3) is 0 Å². The summed E-state index contributed by atoms with van der Waals surface area (Å²) in [6, 6.07) is 4.35. The highest BCUT2D eigenvalue weighted by Gasteiger charge is 2.33. The number of furan rings is 1. The first kappa shape index (κ1) is 14.5. The number of aryl methyl sites for hydroxylation is 1. The first-order valence-electron chi connectivity index (χ1n) is 7.81. The molecule has 3 heteroatoms. The second-order valence-corrected chi connectivity index (χ2v) is 7.14. The van der Waals surface area contributed by atoms with Crippen molar-refractivity contribution >= 4 is 11.0 Å². The van der Waals surface area contributed by atoms with E-state index in [2.05, 4.69) is 52.1 Å². The van der Waals surface area contributed by atoms with Crippen LogP contribution < -0.4 is 10.1 Å². The van der Waals surface area contributed by atoms with Gasteiger partial charge in [-0.3, -0.25) is 0 Å². The zero-order valence-corrected chi connectivity index (χ0v) is 13.7. The van der Waals surface area contributed by atoms with Crippen LogP contribution in [0.5, 0.6) is 5.75 Å². The second-order valence-electron chi connectivity index (χ2n) is 7.14. The minimum absolute atomic E-state index is 0.132. The van der Waals surface area contributed by atoms with Gasteiger partial charge in [0.05, 0.1) is 6.54 Å². The maximum atomic E-state index is 6.13. The summed E-state index contributed by atoms with van der Waals surface area (Å²) in [4.78, 5) is 0. The molecule has 1 aliphatic rings. The van der Waals surface area contributed by atoms with Crippen LogP contribution in [-0.2, 0) is 13.0 Å². The number of hydrogen-bond donors (Lipinski definition) is 1. The molecule has 114 valence electrons. The average molecular weight is 287 g/mol. The van der Waals surface area contributed by atoms with Gasteiger partial charge in [0.2, 0.25) is 0 Å². The van der Waals surface area contributed by atoms with E-state index in [9.17, 15) is 0 Å². The van der Waals surface area contributed by atoms with Crippen molar-refractivity contribution in [3.63, 3.8) is 0 Å². The van der Waals surface area contributed by atoms with Crippen LogP contribution in [0.4, 0.5) is 0 Å². The lowest BCUT2D eigenvalue weighted by molar-refractivity contribution is 0.138. The van der Waals surface area contributed by atoms with E-state index in [4.69, 9.17) is 9.15 Å². The highest BCUT2D eigenvalue weighted by Crippen LogP contribution is 2.42. The summed E-state index contributed by atoms with van der Waals surface area (Å²) in [5.41, 5.74) is 3.25. The average Bonchev–Trinajstić information content (AvgIpc) is 2.86.